The molecular formula is C14H24N2O2S. The number of thiocarbonyl (C=S) groups is 1. The SMILES string of the molecule is NC(=S)C1(C(=O)N2CCCCCCC2)CCOCC1. The van der Waals surface area contributed by atoms with Crippen molar-refractivity contribution in [2.45, 2.75) is 44.9 Å². The molecule has 2 fully saturated rings. The molecule has 0 aromatic rings. The van der Waals surface area contributed by atoms with Crippen LogP contribution in [0.3, 0.4) is 0 Å². The number of likely N-dealkylation sites (tertiary alicyclic amines) is 1. The van der Waals surface area contributed by atoms with Crippen molar-refractivity contribution in [3.63, 3.8) is 0 Å². The predicted molar refractivity (Wildman–Crippen MR) is 78.9 cm³/mol. The van der Waals surface area contributed by atoms with Gasteiger partial charge < -0.3 is 15.4 Å². The first-order valence-corrected chi connectivity index (χ1v) is 7.75. The molecule has 2 rings (SSSR count). The third-order valence-corrected chi connectivity index (χ3v) is 4.76. The highest BCUT2D eigenvalue weighted by Crippen LogP contribution is 2.34. The van der Waals surface area contributed by atoms with Gasteiger partial charge in [0.25, 0.3) is 0 Å². The van der Waals surface area contributed by atoms with E-state index in [1.807, 2.05) is 4.90 Å². The van der Waals surface area contributed by atoms with E-state index in [1.54, 1.807) is 0 Å². The molecule has 19 heavy (non-hydrogen) atoms. The van der Waals surface area contributed by atoms with Crippen molar-refractivity contribution in [2.24, 2.45) is 11.1 Å². The maximum Gasteiger partial charge on any atom is 0.235 e. The van der Waals surface area contributed by atoms with Gasteiger partial charge in [0.1, 0.15) is 5.41 Å². The molecule has 0 radical (unpaired) electrons. The minimum Gasteiger partial charge on any atom is -0.392 e. The maximum atomic E-state index is 12.9. The third-order valence-electron chi connectivity index (χ3n) is 4.37. The Bertz CT molecular complexity index is 332. The molecule has 5 heteroatoms. The number of hydrogen-bond donors (Lipinski definition) is 1. The number of nitrogens with zero attached hydrogens (tertiary/aromatic N) is 1. The highest BCUT2D eigenvalue weighted by atomic mass is 32.1. The summed E-state index contributed by atoms with van der Waals surface area (Å²) in [4.78, 5) is 15.2. The van der Waals surface area contributed by atoms with E-state index in [9.17, 15) is 4.79 Å². The van der Waals surface area contributed by atoms with Gasteiger partial charge in [0.15, 0.2) is 0 Å². The molecule has 108 valence electrons. The summed E-state index contributed by atoms with van der Waals surface area (Å²) in [6, 6.07) is 0. The summed E-state index contributed by atoms with van der Waals surface area (Å²) in [5.41, 5.74) is 5.26. The zero-order chi connectivity index (χ0) is 13.7. The number of carbonyl (C=O) groups excluding carboxylic acids is 1. The number of ether oxygens (including phenoxy) is 1. The van der Waals surface area contributed by atoms with Crippen LogP contribution in [0.1, 0.15) is 44.9 Å². The summed E-state index contributed by atoms with van der Waals surface area (Å²) in [6.45, 7) is 2.86. The van der Waals surface area contributed by atoms with Gasteiger partial charge in [-0.2, -0.15) is 0 Å². The van der Waals surface area contributed by atoms with Crippen molar-refractivity contribution >= 4 is 23.1 Å². The Morgan fingerprint density at radius 1 is 1.05 bits per heavy atom. The Labute approximate surface area is 120 Å². The number of carbonyl (C=O) groups is 1. The summed E-state index contributed by atoms with van der Waals surface area (Å²) in [5, 5.41) is 0. The third kappa shape index (κ3) is 3.26. The van der Waals surface area contributed by atoms with Crippen LogP contribution in [0, 0.1) is 5.41 Å². The van der Waals surface area contributed by atoms with Crippen LogP contribution in [-0.4, -0.2) is 42.1 Å². The normalized spacial score (nSPS) is 24.3. The molecule has 2 saturated heterocycles. The van der Waals surface area contributed by atoms with E-state index in [1.165, 1.54) is 19.3 Å². The maximum absolute atomic E-state index is 12.9. The Morgan fingerprint density at radius 3 is 2.11 bits per heavy atom. The number of rotatable bonds is 2. The van der Waals surface area contributed by atoms with E-state index in [4.69, 9.17) is 22.7 Å². The Kier molecular flexibility index (Phi) is 5.16. The lowest BCUT2D eigenvalue weighted by Crippen LogP contribution is -2.53. The molecule has 2 N–H and O–H groups in total. The van der Waals surface area contributed by atoms with E-state index in [0.29, 0.717) is 31.0 Å². The van der Waals surface area contributed by atoms with Crippen molar-refractivity contribution in [3.8, 4) is 0 Å². The quantitative estimate of drug-likeness (QED) is 0.786. The Hall–Kier alpha value is -0.680. The van der Waals surface area contributed by atoms with Crippen molar-refractivity contribution in [1.29, 1.82) is 0 Å². The second-order valence-electron chi connectivity index (χ2n) is 5.62. The van der Waals surface area contributed by atoms with Gasteiger partial charge in [-0.15, -0.1) is 0 Å². The Balaban J connectivity index is 2.11. The van der Waals surface area contributed by atoms with Crippen LogP contribution in [-0.2, 0) is 9.53 Å². The van der Waals surface area contributed by atoms with Gasteiger partial charge in [0.05, 0.1) is 4.99 Å². The van der Waals surface area contributed by atoms with Crippen molar-refractivity contribution in [1.82, 2.24) is 4.90 Å². The van der Waals surface area contributed by atoms with E-state index >= 15 is 0 Å². The summed E-state index contributed by atoms with van der Waals surface area (Å²) >= 11 is 5.21. The van der Waals surface area contributed by atoms with Crippen LogP contribution in [0.2, 0.25) is 0 Å². The topological polar surface area (TPSA) is 55.6 Å². The number of nitrogens with two attached hydrogens (primary N) is 1. The zero-order valence-corrected chi connectivity index (χ0v) is 12.3. The van der Waals surface area contributed by atoms with Gasteiger partial charge in [0, 0.05) is 26.3 Å². The molecule has 2 aliphatic rings. The van der Waals surface area contributed by atoms with Crippen molar-refractivity contribution < 1.29 is 9.53 Å². The number of hydrogen-bond acceptors (Lipinski definition) is 3. The van der Waals surface area contributed by atoms with E-state index < -0.39 is 5.41 Å². The summed E-state index contributed by atoms with van der Waals surface area (Å²) in [7, 11) is 0. The van der Waals surface area contributed by atoms with Crippen LogP contribution in [0.25, 0.3) is 0 Å². The molecule has 0 atom stereocenters. The molecule has 0 aliphatic carbocycles. The lowest BCUT2D eigenvalue weighted by atomic mass is 9.78. The van der Waals surface area contributed by atoms with Gasteiger partial charge in [0.2, 0.25) is 5.91 Å². The largest absolute Gasteiger partial charge is 0.392 e. The summed E-state index contributed by atoms with van der Waals surface area (Å²) in [6.07, 6.45) is 7.18. The minimum atomic E-state index is -0.646. The smallest absolute Gasteiger partial charge is 0.235 e. The van der Waals surface area contributed by atoms with Gasteiger partial charge in [-0.3, -0.25) is 4.79 Å². The second kappa shape index (κ2) is 6.66. The molecule has 0 aromatic heterocycles. The van der Waals surface area contributed by atoms with E-state index in [0.717, 1.165) is 25.9 Å². The van der Waals surface area contributed by atoms with Crippen LogP contribution >= 0.6 is 12.2 Å². The molecule has 0 aromatic carbocycles. The van der Waals surface area contributed by atoms with E-state index in [2.05, 4.69) is 0 Å². The fourth-order valence-electron chi connectivity index (χ4n) is 3.04. The highest BCUT2D eigenvalue weighted by molar-refractivity contribution is 7.80. The molecule has 1 amide bonds. The second-order valence-corrected chi connectivity index (χ2v) is 6.06. The fourth-order valence-corrected chi connectivity index (χ4v) is 3.33. The molecule has 4 nitrogen and oxygen atoms in total. The average Bonchev–Trinajstić information content (AvgIpc) is 2.38. The first-order chi connectivity index (χ1) is 9.17. The highest BCUT2D eigenvalue weighted by Gasteiger charge is 2.45. The molecule has 2 aliphatic heterocycles. The molecule has 0 unspecified atom stereocenters. The van der Waals surface area contributed by atoms with Crippen LogP contribution in [0.5, 0.6) is 0 Å². The van der Waals surface area contributed by atoms with Crippen LogP contribution in [0.15, 0.2) is 0 Å². The first-order valence-electron chi connectivity index (χ1n) is 7.34. The lowest BCUT2D eigenvalue weighted by molar-refractivity contribution is -0.142. The monoisotopic (exact) mass is 284 g/mol. The summed E-state index contributed by atoms with van der Waals surface area (Å²) in [5.74, 6) is 0.144. The summed E-state index contributed by atoms with van der Waals surface area (Å²) < 4.78 is 5.37. The van der Waals surface area contributed by atoms with Gasteiger partial charge >= 0.3 is 0 Å². The van der Waals surface area contributed by atoms with Crippen molar-refractivity contribution in [3.05, 3.63) is 0 Å². The molecule has 0 spiro atoms. The minimum absolute atomic E-state index is 0.144. The standard InChI is InChI=1S/C14H24N2O2S/c15-12(19)14(6-10-18-11-7-14)13(17)16-8-4-2-1-3-5-9-16/h1-11H2,(H2,15,19). The zero-order valence-electron chi connectivity index (χ0n) is 11.5. The van der Waals surface area contributed by atoms with Gasteiger partial charge in [-0.25, -0.2) is 0 Å². The Morgan fingerprint density at radius 2 is 1.58 bits per heavy atom. The molecule has 0 saturated carbocycles. The predicted octanol–water partition coefficient (Wildman–Crippen LogP) is 1.86. The molecular weight excluding hydrogens is 260 g/mol. The van der Waals surface area contributed by atoms with Crippen LogP contribution in [0.4, 0.5) is 0 Å². The lowest BCUT2D eigenvalue weighted by Gasteiger charge is -2.39. The van der Waals surface area contributed by atoms with Crippen molar-refractivity contribution in [2.75, 3.05) is 26.3 Å². The number of amides is 1. The molecule has 2 heterocycles. The first kappa shape index (κ1) is 14.7. The molecule has 0 bridgehead atoms. The van der Waals surface area contributed by atoms with Gasteiger partial charge in [-0.1, -0.05) is 31.5 Å². The van der Waals surface area contributed by atoms with Gasteiger partial charge in [-0.05, 0) is 25.7 Å². The average molecular weight is 284 g/mol. The van der Waals surface area contributed by atoms with E-state index in [-0.39, 0.29) is 5.91 Å². The fraction of sp³-hybridized carbons (Fsp3) is 0.857. The van der Waals surface area contributed by atoms with Crippen LogP contribution < -0.4 is 5.73 Å².